The van der Waals surface area contributed by atoms with Crippen molar-refractivity contribution in [1.82, 2.24) is 14.7 Å². The van der Waals surface area contributed by atoms with Gasteiger partial charge in [0.25, 0.3) is 0 Å². The van der Waals surface area contributed by atoms with Gasteiger partial charge in [0.05, 0.1) is 6.10 Å². The number of nitrogens with zero attached hydrogens (tertiary/aromatic N) is 3. The summed E-state index contributed by atoms with van der Waals surface area (Å²) >= 11 is 0. The first kappa shape index (κ1) is 9.68. The van der Waals surface area contributed by atoms with E-state index < -0.39 is 0 Å². The molecule has 1 aromatic rings. The lowest BCUT2D eigenvalue weighted by Gasteiger charge is -2.14. The monoisotopic (exact) mass is 195 g/mol. The Balaban J connectivity index is 1.80. The van der Waals surface area contributed by atoms with Crippen molar-refractivity contribution in [3.63, 3.8) is 0 Å². The zero-order chi connectivity index (χ0) is 9.97. The van der Waals surface area contributed by atoms with Crippen molar-refractivity contribution in [2.75, 3.05) is 19.6 Å². The molecule has 0 bridgehead atoms. The fourth-order valence-corrected chi connectivity index (χ4v) is 1.93. The molecule has 1 aromatic heterocycles. The Morgan fingerprint density at radius 2 is 2.50 bits per heavy atom. The first-order valence-electron chi connectivity index (χ1n) is 5.13. The van der Waals surface area contributed by atoms with Gasteiger partial charge in [0.15, 0.2) is 0 Å². The number of aryl methyl sites for hydroxylation is 1. The summed E-state index contributed by atoms with van der Waals surface area (Å²) in [6.07, 6.45) is 3.66. The highest BCUT2D eigenvalue weighted by Crippen LogP contribution is 2.09. The second-order valence-electron chi connectivity index (χ2n) is 3.94. The zero-order valence-corrected chi connectivity index (χ0v) is 8.56. The molecule has 0 amide bonds. The lowest BCUT2D eigenvalue weighted by atomic mass is 10.3. The highest BCUT2D eigenvalue weighted by molar-refractivity contribution is 5.00. The Morgan fingerprint density at radius 3 is 3.07 bits per heavy atom. The minimum atomic E-state index is -0.110. The fourth-order valence-electron chi connectivity index (χ4n) is 1.93. The van der Waals surface area contributed by atoms with E-state index in [0.29, 0.717) is 0 Å². The van der Waals surface area contributed by atoms with Crippen molar-refractivity contribution < 1.29 is 5.11 Å². The number of β-amino-alcohol motifs (C(OH)–C–C–N with tert-alkyl or cyclic N) is 1. The second kappa shape index (κ2) is 4.11. The smallest absolute Gasteiger partial charge is 0.0679 e. The van der Waals surface area contributed by atoms with Crippen LogP contribution in [0.25, 0.3) is 0 Å². The molecule has 0 spiro atoms. The molecular weight excluding hydrogens is 178 g/mol. The number of aliphatic hydroxyl groups excluding tert-OH is 1. The van der Waals surface area contributed by atoms with E-state index in [4.69, 9.17) is 0 Å². The minimum absolute atomic E-state index is 0.110. The largest absolute Gasteiger partial charge is 0.392 e. The van der Waals surface area contributed by atoms with Crippen LogP contribution >= 0.6 is 0 Å². The van der Waals surface area contributed by atoms with E-state index in [1.165, 1.54) is 5.69 Å². The maximum Gasteiger partial charge on any atom is 0.0679 e. The average Bonchev–Trinajstić information content (AvgIpc) is 2.72. The molecule has 1 N–H and O–H groups in total. The van der Waals surface area contributed by atoms with E-state index >= 15 is 0 Å². The molecule has 4 heteroatoms. The molecule has 0 saturated carbocycles. The predicted octanol–water partition coefficient (Wildman–Crippen LogP) is 0.0292. The maximum absolute atomic E-state index is 9.35. The lowest BCUT2D eigenvalue weighted by molar-refractivity contribution is 0.176. The SMILES string of the molecule is Cn1nccc1CCN1CC[C@H](O)C1. The van der Waals surface area contributed by atoms with E-state index in [1.54, 1.807) is 0 Å². The average molecular weight is 195 g/mol. The van der Waals surface area contributed by atoms with Gasteiger partial charge >= 0.3 is 0 Å². The Bertz CT molecular complexity index is 297. The zero-order valence-electron chi connectivity index (χ0n) is 8.56. The number of hydrogen-bond donors (Lipinski definition) is 1. The number of hydrogen-bond acceptors (Lipinski definition) is 3. The first-order valence-corrected chi connectivity index (χ1v) is 5.13. The highest BCUT2D eigenvalue weighted by Gasteiger charge is 2.19. The molecule has 14 heavy (non-hydrogen) atoms. The molecule has 1 atom stereocenters. The van der Waals surface area contributed by atoms with Crippen LogP contribution < -0.4 is 0 Å². The highest BCUT2D eigenvalue weighted by atomic mass is 16.3. The summed E-state index contributed by atoms with van der Waals surface area (Å²) in [5, 5.41) is 13.5. The Morgan fingerprint density at radius 1 is 1.64 bits per heavy atom. The van der Waals surface area contributed by atoms with Gasteiger partial charge in [-0.15, -0.1) is 0 Å². The summed E-state index contributed by atoms with van der Waals surface area (Å²) in [5.74, 6) is 0. The molecule has 1 aliphatic rings. The van der Waals surface area contributed by atoms with Crippen LogP contribution in [0.2, 0.25) is 0 Å². The van der Waals surface area contributed by atoms with Crippen molar-refractivity contribution in [3.05, 3.63) is 18.0 Å². The molecule has 1 fully saturated rings. The van der Waals surface area contributed by atoms with Gasteiger partial charge in [-0.2, -0.15) is 5.10 Å². The van der Waals surface area contributed by atoms with Crippen molar-refractivity contribution in [2.45, 2.75) is 18.9 Å². The van der Waals surface area contributed by atoms with Crippen molar-refractivity contribution in [2.24, 2.45) is 7.05 Å². The molecular formula is C10H17N3O. The van der Waals surface area contributed by atoms with Gasteiger partial charge in [0.2, 0.25) is 0 Å². The van der Waals surface area contributed by atoms with Crippen LogP contribution in [-0.4, -0.2) is 45.5 Å². The lowest BCUT2D eigenvalue weighted by Crippen LogP contribution is -2.25. The van der Waals surface area contributed by atoms with E-state index in [-0.39, 0.29) is 6.10 Å². The normalized spacial score (nSPS) is 23.1. The summed E-state index contributed by atoms with van der Waals surface area (Å²) in [5.41, 5.74) is 1.26. The number of rotatable bonds is 3. The number of likely N-dealkylation sites (tertiary alicyclic amines) is 1. The van der Waals surface area contributed by atoms with E-state index in [2.05, 4.69) is 10.00 Å². The van der Waals surface area contributed by atoms with E-state index in [1.807, 2.05) is 24.0 Å². The molecule has 4 nitrogen and oxygen atoms in total. The number of aliphatic hydroxyl groups is 1. The minimum Gasteiger partial charge on any atom is -0.392 e. The quantitative estimate of drug-likeness (QED) is 0.740. The summed E-state index contributed by atoms with van der Waals surface area (Å²) in [7, 11) is 1.97. The standard InChI is InChI=1S/C10H17N3O/c1-12-9(2-5-11-12)3-6-13-7-4-10(14)8-13/h2,5,10,14H,3-4,6-8H2,1H3/t10-/m0/s1. The molecule has 0 aliphatic carbocycles. The van der Waals surface area contributed by atoms with Crippen molar-refractivity contribution in [1.29, 1.82) is 0 Å². The molecule has 2 rings (SSSR count). The molecule has 1 aliphatic heterocycles. The van der Waals surface area contributed by atoms with Crippen LogP contribution in [0.1, 0.15) is 12.1 Å². The van der Waals surface area contributed by atoms with Gasteiger partial charge in [-0.25, -0.2) is 0 Å². The third-order valence-electron chi connectivity index (χ3n) is 2.85. The third-order valence-corrected chi connectivity index (χ3v) is 2.85. The van der Waals surface area contributed by atoms with Crippen LogP contribution in [0.3, 0.4) is 0 Å². The maximum atomic E-state index is 9.35. The Kier molecular flexibility index (Phi) is 2.84. The van der Waals surface area contributed by atoms with Crippen LogP contribution in [0.15, 0.2) is 12.3 Å². The summed E-state index contributed by atoms with van der Waals surface area (Å²) in [4.78, 5) is 2.30. The molecule has 2 heterocycles. The van der Waals surface area contributed by atoms with E-state index in [9.17, 15) is 5.11 Å². The van der Waals surface area contributed by atoms with Crippen LogP contribution in [-0.2, 0) is 13.5 Å². The van der Waals surface area contributed by atoms with Gasteiger partial charge in [-0.05, 0) is 12.5 Å². The van der Waals surface area contributed by atoms with Gasteiger partial charge in [0, 0.05) is 45.0 Å². The Hall–Kier alpha value is -0.870. The van der Waals surface area contributed by atoms with Gasteiger partial charge < -0.3 is 10.0 Å². The fraction of sp³-hybridized carbons (Fsp3) is 0.700. The summed E-state index contributed by atoms with van der Waals surface area (Å²) in [6, 6.07) is 2.05. The van der Waals surface area contributed by atoms with Gasteiger partial charge in [-0.1, -0.05) is 0 Å². The van der Waals surface area contributed by atoms with Gasteiger partial charge in [-0.3, -0.25) is 4.68 Å². The second-order valence-corrected chi connectivity index (χ2v) is 3.94. The van der Waals surface area contributed by atoms with Gasteiger partial charge in [0.1, 0.15) is 0 Å². The Labute approximate surface area is 84.1 Å². The first-order chi connectivity index (χ1) is 6.75. The topological polar surface area (TPSA) is 41.3 Å². The van der Waals surface area contributed by atoms with Crippen LogP contribution in [0, 0.1) is 0 Å². The van der Waals surface area contributed by atoms with Crippen molar-refractivity contribution in [3.8, 4) is 0 Å². The predicted molar refractivity (Wildman–Crippen MR) is 54.0 cm³/mol. The third kappa shape index (κ3) is 2.13. The summed E-state index contributed by atoms with van der Waals surface area (Å²) in [6.45, 7) is 2.88. The molecule has 78 valence electrons. The van der Waals surface area contributed by atoms with E-state index in [0.717, 1.165) is 32.5 Å². The van der Waals surface area contributed by atoms with Crippen molar-refractivity contribution >= 4 is 0 Å². The van der Waals surface area contributed by atoms with Crippen LogP contribution in [0.4, 0.5) is 0 Å². The molecule has 1 saturated heterocycles. The number of aromatic nitrogens is 2. The molecule has 0 aromatic carbocycles. The molecule has 0 radical (unpaired) electrons. The molecule has 0 unspecified atom stereocenters. The van der Waals surface area contributed by atoms with Crippen LogP contribution in [0.5, 0.6) is 0 Å². The summed E-state index contributed by atoms with van der Waals surface area (Å²) < 4.78 is 1.91.